The molecule has 1 atom stereocenters. The van der Waals surface area contributed by atoms with Gasteiger partial charge in [-0.15, -0.1) is 10.2 Å². The molecule has 168 valence electrons. The van der Waals surface area contributed by atoms with Crippen molar-refractivity contribution >= 4 is 11.5 Å². The van der Waals surface area contributed by atoms with E-state index < -0.39 is 4.92 Å². The van der Waals surface area contributed by atoms with E-state index >= 15 is 0 Å². The van der Waals surface area contributed by atoms with Crippen molar-refractivity contribution in [1.29, 1.82) is 0 Å². The quantitative estimate of drug-likeness (QED) is 0.420. The summed E-state index contributed by atoms with van der Waals surface area (Å²) in [4.78, 5) is 24.3. The largest absolute Gasteiger partial charge is 0.419 e. The molecule has 10 heteroatoms. The van der Waals surface area contributed by atoms with Gasteiger partial charge in [0.2, 0.25) is 11.8 Å². The number of anilines is 1. The molecule has 1 aromatic carbocycles. The lowest BCUT2D eigenvalue weighted by atomic mass is 10.2. The van der Waals surface area contributed by atoms with Gasteiger partial charge in [0.25, 0.3) is 5.69 Å². The van der Waals surface area contributed by atoms with E-state index in [0.29, 0.717) is 17.3 Å². The molecule has 0 N–H and O–H groups in total. The fourth-order valence-electron chi connectivity index (χ4n) is 3.73. The van der Waals surface area contributed by atoms with Crippen LogP contribution in [0.25, 0.3) is 11.5 Å². The van der Waals surface area contributed by atoms with Gasteiger partial charge in [-0.05, 0) is 26.0 Å². The molecule has 0 spiro atoms. The summed E-state index contributed by atoms with van der Waals surface area (Å²) in [5.74, 6) is 3.04. The third kappa shape index (κ3) is 4.59. The zero-order chi connectivity index (χ0) is 22.8. The Morgan fingerprint density at radius 3 is 2.34 bits per heavy atom. The van der Waals surface area contributed by atoms with Crippen molar-refractivity contribution in [3.63, 3.8) is 0 Å². The van der Waals surface area contributed by atoms with Crippen LogP contribution < -0.4 is 4.90 Å². The van der Waals surface area contributed by atoms with Gasteiger partial charge in [-0.1, -0.05) is 13.8 Å². The molecule has 0 aliphatic carbocycles. The normalized spacial score (nSPS) is 15.8. The molecule has 0 amide bonds. The Morgan fingerprint density at radius 2 is 1.72 bits per heavy atom. The molecule has 1 saturated heterocycles. The number of aromatic nitrogens is 4. The Morgan fingerprint density at radius 1 is 1.03 bits per heavy atom. The van der Waals surface area contributed by atoms with E-state index in [1.54, 1.807) is 12.1 Å². The van der Waals surface area contributed by atoms with Crippen LogP contribution in [0, 0.1) is 17.0 Å². The van der Waals surface area contributed by atoms with Crippen LogP contribution in [0.5, 0.6) is 0 Å². The molecule has 1 aliphatic heterocycles. The van der Waals surface area contributed by atoms with E-state index in [9.17, 15) is 10.1 Å². The van der Waals surface area contributed by atoms with Crippen LogP contribution in [0.3, 0.4) is 0 Å². The molecule has 32 heavy (non-hydrogen) atoms. The molecule has 2 aromatic heterocycles. The Labute approximate surface area is 186 Å². The summed E-state index contributed by atoms with van der Waals surface area (Å²) in [6, 6.07) is 8.11. The highest BCUT2D eigenvalue weighted by Gasteiger charge is 2.27. The van der Waals surface area contributed by atoms with Gasteiger partial charge in [0.05, 0.1) is 11.0 Å². The van der Waals surface area contributed by atoms with E-state index in [-0.39, 0.29) is 17.6 Å². The second kappa shape index (κ2) is 8.99. The summed E-state index contributed by atoms with van der Waals surface area (Å²) in [5.41, 5.74) is 1.67. The van der Waals surface area contributed by atoms with E-state index in [1.165, 1.54) is 12.1 Å². The Balaban J connectivity index is 1.41. The molecule has 0 unspecified atom stereocenters. The van der Waals surface area contributed by atoms with Crippen LogP contribution in [0.4, 0.5) is 11.5 Å². The third-order valence-corrected chi connectivity index (χ3v) is 5.68. The Bertz CT molecular complexity index is 1090. The fourth-order valence-corrected chi connectivity index (χ4v) is 3.73. The number of non-ortho nitro benzene ring substituents is 1. The summed E-state index contributed by atoms with van der Waals surface area (Å²) >= 11 is 0. The number of nitrogens with zero attached hydrogens (tertiary/aromatic N) is 7. The summed E-state index contributed by atoms with van der Waals surface area (Å²) in [5, 5.41) is 19.2. The standard InChI is InChI=1S/C22H27N7O3/c1-14(2)20-23-15(3)13-19(24-20)28-11-9-27(10-12-28)16(4)21-25-26-22(32-21)17-5-7-18(8-6-17)29(30)31/h5-8,13-14,16H,9-12H2,1-4H3/t16-/m1/s1. The number of nitro groups is 1. The van der Waals surface area contributed by atoms with Crippen molar-refractivity contribution in [1.82, 2.24) is 25.1 Å². The maximum Gasteiger partial charge on any atom is 0.269 e. The van der Waals surface area contributed by atoms with Crippen LogP contribution in [-0.4, -0.2) is 56.2 Å². The third-order valence-electron chi connectivity index (χ3n) is 5.68. The van der Waals surface area contributed by atoms with Gasteiger partial charge in [-0.2, -0.15) is 0 Å². The Kier molecular flexibility index (Phi) is 6.13. The molecule has 1 fully saturated rings. The van der Waals surface area contributed by atoms with E-state index in [1.807, 2.05) is 13.0 Å². The van der Waals surface area contributed by atoms with E-state index in [4.69, 9.17) is 9.40 Å². The molecule has 1 aliphatic rings. The van der Waals surface area contributed by atoms with Gasteiger partial charge in [-0.25, -0.2) is 9.97 Å². The van der Waals surface area contributed by atoms with Crippen molar-refractivity contribution in [3.8, 4) is 11.5 Å². The summed E-state index contributed by atoms with van der Waals surface area (Å²) in [6.07, 6.45) is 0. The number of benzene rings is 1. The van der Waals surface area contributed by atoms with Crippen molar-refractivity contribution in [2.75, 3.05) is 31.1 Å². The van der Waals surface area contributed by atoms with Crippen molar-refractivity contribution in [2.45, 2.75) is 39.7 Å². The highest BCUT2D eigenvalue weighted by atomic mass is 16.6. The van der Waals surface area contributed by atoms with Crippen LogP contribution in [0.15, 0.2) is 34.7 Å². The number of piperazine rings is 1. The maximum atomic E-state index is 10.8. The zero-order valence-corrected chi connectivity index (χ0v) is 18.7. The molecule has 3 heterocycles. The second-order valence-electron chi connectivity index (χ2n) is 8.33. The number of rotatable bonds is 6. The lowest BCUT2D eigenvalue weighted by Crippen LogP contribution is -2.47. The molecule has 3 aromatic rings. The minimum atomic E-state index is -0.433. The van der Waals surface area contributed by atoms with Gasteiger partial charge in [0.15, 0.2) is 0 Å². The van der Waals surface area contributed by atoms with Crippen molar-refractivity contribution in [3.05, 3.63) is 57.9 Å². The molecule has 4 rings (SSSR count). The SMILES string of the molecule is Cc1cc(N2CCN([C@H](C)c3nnc(-c4ccc([N+](=O)[O-])cc4)o3)CC2)nc(C(C)C)n1. The van der Waals surface area contributed by atoms with Gasteiger partial charge < -0.3 is 9.32 Å². The van der Waals surface area contributed by atoms with E-state index in [0.717, 1.165) is 43.5 Å². The van der Waals surface area contributed by atoms with Crippen LogP contribution >= 0.6 is 0 Å². The molecule has 0 saturated carbocycles. The lowest BCUT2D eigenvalue weighted by Gasteiger charge is -2.37. The molecular weight excluding hydrogens is 410 g/mol. The predicted octanol–water partition coefficient (Wildman–Crippen LogP) is 3.75. The summed E-state index contributed by atoms with van der Waals surface area (Å²) in [7, 11) is 0. The average Bonchev–Trinajstić information content (AvgIpc) is 3.28. The maximum absolute atomic E-state index is 10.8. The molecule has 10 nitrogen and oxygen atoms in total. The minimum absolute atomic E-state index is 0.0270. The molecular formula is C22H27N7O3. The topological polar surface area (TPSA) is 114 Å². The van der Waals surface area contributed by atoms with Crippen molar-refractivity contribution < 1.29 is 9.34 Å². The highest BCUT2D eigenvalue weighted by Crippen LogP contribution is 2.27. The average molecular weight is 438 g/mol. The number of hydrogen-bond donors (Lipinski definition) is 0. The van der Waals surface area contributed by atoms with E-state index in [2.05, 4.69) is 45.8 Å². The first kappa shape index (κ1) is 21.8. The molecule has 0 bridgehead atoms. The highest BCUT2D eigenvalue weighted by molar-refractivity contribution is 5.55. The second-order valence-corrected chi connectivity index (χ2v) is 8.33. The zero-order valence-electron chi connectivity index (χ0n) is 18.7. The van der Waals surface area contributed by atoms with Gasteiger partial charge in [-0.3, -0.25) is 15.0 Å². The minimum Gasteiger partial charge on any atom is -0.419 e. The van der Waals surface area contributed by atoms with Crippen LogP contribution in [0.1, 0.15) is 50.1 Å². The first-order valence-corrected chi connectivity index (χ1v) is 10.7. The monoisotopic (exact) mass is 437 g/mol. The van der Waals surface area contributed by atoms with Crippen molar-refractivity contribution in [2.24, 2.45) is 0 Å². The predicted molar refractivity (Wildman–Crippen MR) is 119 cm³/mol. The first-order chi connectivity index (χ1) is 15.3. The summed E-state index contributed by atoms with van der Waals surface area (Å²) in [6.45, 7) is 11.7. The summed E-state index contributed by atoms with van der Waals surface area (Å²) < 4.78 is 5.89. The van der Waals surface area contributed by atoms with Gasteiger partial charge in [0, 0.05) is 61.6 Å². The Hall–Kier alpha value is -3.40. The number of nitro benzene ring substituents is 1. The lowest BCUT2D eigenvalue weighted by molar-refractivity contribution is -0.384. The van der Waals surface area contributed by atoms with Gasteiger partial charge >= 0.3 is 0 Å². The fraction of sp³-hybridized carbons (Fsp3) is 0.455. The smallest absolute Gasteiger partial charge is 0.269 e. The molecule has 0 radical (unpaired) electrons. The van der Waals surface area contributed by atoms with Crippen LogP contribution in [-0.2, 0) is 0 Å². The number of aryl methyl sites for hydroxylation is 1. The van der Waals surface area contributed by atoms with Crippen LogP contribution in [0.2, 0.25) is 0 Å². The van der Waals surface area contributed by atoms with Gasteiger partial charge in [0.1, 0.15) is 11.6 Å². The first-order valence-electron chi connectivity index (χ1n) is 10.7. The number of hydrogen-bond acceptors (Lipinski definition) is 9.